The molecule has 2 nitrogen and oxygen atoms in total. The van der Waals surface area contributed by atoms with E-state index in [-0.39, 0.29) is 11.9 Å². The molecule has 0 aromatic heterocycles. The minimum Gasteiger partial charge on any atom is -0.496 e. The first-order chi connectivity index (χ1) is 10.2. The molecule has 0 saturated carbocycles. The van der Waals surface area contributed by atoms with E-state index in [4.69, 9.17) is 4.74 Å². The molecular formula is C18H30FNO. The minimum atomic E-state index is -0.184. The van der Waals surface area contributed by atoms with Gasteiger partial charge in [0.25, 0.3) is 0 Å². The Morgan fingerprint density at radius 2 is 1.76 bits per heavy atom. The zero-order valence-electron chi connectivity index (χ0n) is 13.8. The van der Waals surface area contributed by atoms with Gasteiger partial charge in [0.15, 0.2) is 0 Å². The van der Waals surface area contributed by atoms with Crippen molar-refractivity contribution in [3.8, 4) is 5.75 Å². The Balaban J connectivity index is 2.45. The third-order valence-electron chi connectivity index (χ3n) is 4.03. The van der Waals surface area contributed by atoms with E-state index in [0.717, 1.165) is 12.8 Å². The van der Waals surface area contributed by atoms with Gasteiger partial charge in [-0.25, -0.2) is 4.39 Å². The van der Waals surface area contributed by atoms with Crippen LogP contribution in [0.3, 0.4) is 0 Å². The molecule has 0 saturated heterocycles. The Kier molecular flexibility index (Phi) is 9.07. The number of ether oxygens (including phenoxy) is 1. The smallest absolute Gasteiger partial charge is 0.131 e. The normalized spacial score (nSPS) is 12.4. The van der Waals surface area contributed by atoms with Crippen LogP contribution in [-0.4, -0.2) is 14.2 Å². The van der Waals surface area contributed by atoms with Gasteiger partial charge in [-0.2, -0.15) is 0 Å². The van der Waals surface area contributed by atoms with Crippen LogP contribution in [0, 0.1) is 5.82 Å². The summed E-state index contributed by atoms with van der Waals surface area (Å²) in [6.45, 7) is 2.24. The van der Waals surface area contributed by atoms with Crippen LogP contribution in [0.25, 0.3) is 0 Å². The van der Waals surface area contributed by atoms with Crippen molar-refractivity contribution >= 4 is 0 Å². The predicted octanol–water partition coefficient (Wildman–Crippen LogP) is 5.24. The summed E-state index contributed by atoms with van der Waals surface area (Å²) in [5.74, 6) is 0.453. The molecule has 0 amide bonds. The third kappa shape index (κ3) is 6.04. The second-order valence-electron chi connectivity index (χ2n) is 5.61. The van der Waals surface area contributed by atoms with E-state index in [1.807, 2.05) is 13.1 Å². The van der Waals surface area contributed by atoms with Crippen molar-refractivity contribution in [3.05, 3.63) is 29.6 Å². The van der Waals surface area contributed by atoms with Gasteiger partial charge in [-0.05, 0) is 25.6 Å². The molecule has 120 valence electrons. The molecule has 0 aliphatic heterocycles. The highest BCUT2D eigenvalue weighted by Crippen LogP contribution is 2.30. The van der Waals surface area contributed by atoms with E-state index in [9.17, 15) is 4.39 Å². The Bertz CT molecular complexity index is 395. The van der Waals surface area contributed by atoms with Gasteiger partial charge in [0, 0.05) is 11.6 Å². The standard InChI is InChI=1S/C18H30FNO/c1-4-5-6-7-8-9-10-13-16(20-2)18-15(19)12-11-14-17(18)21-3/h11-12,14,16,20H,4-10,13H2,1-3H3. The fraction of sp³-hybridized carbons (Fsp3) is 0.667. The Hall–Kier alpha value is -1.09. The molecule has 21 heavy (non-hydrogen) atoms. The quantitative estimate of drug-likeness (QED) is 0.564. The number of unbranched alkanes of at least 4 members (excludes halogenated alkanes) is 6. The highest BCUT2D eigenvalue weighted by Gasteiger charge is 2.18. The molecule has 1 aromatic rings. The Morgan fingerprint density at radius 3 is 2.38 bits per heavy atom. The summed E-state index contributed by atoms with van der Waals surface area (Å²) >= 11 is 0. The van der Waals surface area contributed by atoms with Gasteiger partial charge in [-0.3, -0.25) is 0 Å². The van der Waals surface area contributed by atoms with E-state index in [0.29, 0.717) is 11.3 Å². The van der Waals surface area contributed by atoms with E-state index in [1.54, 1.807) is 13.2 Å². The zero-order chi connectivity index (χ0) is 15.5. The molecule has 1 unspecified atom stereocenters. The minimum absolute atomic E-state index is 0.0248. The number of benzene rings is 1. The molecule has 0 bridgehead atoms. The maximum atomic E-state index is 14.1. The van der Waals surface area contributed by atoms with Gasteiger partial charge < -0.3 is 10.1 Å². The Labute approximate surface area is 129 Å². The fourth-order valence-corrected chi connectivity index (χ4v) is 2.77. The van der Waals surface area contributed by atoms with Crippen LogP contribution in [0.4, 0.5) is 4.39 Å². The molecule has 1 rings (SSSR count). The van der Waals surface area contributed by atoms with Crippen LogP contribution in [-0.2, 0) is 0 Å². The van der Waals surface area contributed by atoms with Crippen molar-refractivity contribution in [1.29, 1.82) is 0 Å². The molecule has 1 N–H and O–H groups in total. The number of methoxy groups -OCH3 is 1. The fourth-order valence-electron chi connectivity index (χ4n) is 2.77. The highest BCUT2D eigenvalue weighted by atomic mass is 19.1. The second-order valence-corrected chi connectivity index (χ2v) is 5.61. The summed E-state index contributed by atoms with van der Waals surface area (Å²) in [4.78, 5) is 0. The lowest BCUT2D eigenvalue weighted by molar-refractivity contribution is 0.386. The van der Waals surface area contributed by atoms with Gasteiger partial charge >= 0.3 is 0 Å². The van der Waals surface area contributed by atoms with Crippen LogP contribution in [0.1, 0.15) is 69.9 Å². The van der Waals surface area contributed by atoms with Crippen LogP contribution in [0.15, 0.2) is 18.2 Å². The first-order valence-corrected chi connectivity index (χ1v) is 8.24. The zero-order valence-corrected chi connectivity index (χ0v) is 13.8. The number of hydrogen-bond donors (Lipinski definition) is 1. The molecule has 3 heteroatoms. The van der Waals surface area contributed by atoms with E-state index >= 15 is 0 Å². The van der Waals surface area contributed by atoms with Gasteiger partial charge in [0.2, 0.25) is 0 Å². The third-order valence-corrected chi connectivity index (χ3v) is 4.03. The summed E-state index contributed by atoms with van der Waals surface area (Å²) in [5, 5.41) is 3.23. The summed E-state index contributed by atoms with van der Waals surface area (Å²) in [6.07, 6.45) is 9.86. The summed E-state index contributed by atoms with van der Waals surface area (Å²) in [6, 6.07) is 5.05. The molecule has 0 heterocycles. The second kappa shape index (κ2) is 10.6. The van der Waals surface area contributed by atoms with Crippen LogP contribution < -0.4 is 10.1 Å². The monoisotopic (exact) mass is 295 g/mol. The lowest BCUT2D eigenvalue weighted by atomic mass is 9.98. The molecule has 1 aromatic carbocycles. The molecule has 1 atom stereocenters. The van der Waals surface area contributed by atoms with E-state index in [1.165, 1.54) is 44.6 Å². The largest absolute Gasteiger partial charge is 0.496 e. The first-order valence-electron chi connectivity index (χ1n) is 8.24. The lowest BCUT2D eigenvalue weighted by Crippen LogP contribution is -2.18. The van der Waals surface area contributed by atoms with Crippen LogP contribution >= 0.6 is 0 Å². The molecule has 0 radical (unpaired) electrons. The van der Waals surface area contributed by atoms with Crippen LogP contribution in [0.2, 0.25) is 0 Å². The molecular weight excluding hydrogens is 265 g/mol. The topological polar surface area (TPSA) is 21.3 Å². The molecule has 0 fully saturated rings. The van der Waals surface area contributed by atoms with Crippen molar-refractivity contribution in [2.24, 2.45) is 0 Å². The molecule has 0 aliphatic carbocycles. The van der Waals surface area contributed by atoms with E-state index in [2.05, 4.69) is 12.2 Å². The molecule has 0 aliphatic rings. The number of hydrogen-bond acceptors (Lipinski definition) is 2. The average molecular weight is 295 g/mol. The van der Waals surface area contributed by atoms with Crippen molar-refractivity contribution in [1.82, 2.24) is 5.32 Å². The van der Waals surface area contributed by atoms with Crippen molar-refractivity contribution in [2.45, 2.75) is 64.3 Å². The summed E-state index contributed by atoms with van der Waals surface area (Å²) in [7, 11) is 3.48. The van der Waals surface area contributed by atoms with Gasteiger partial charge in [-0.15, -0.1) is 0 Å². The van der Waals surface area contributed by atoms with Crippen molar-refractivity contribution in [3.63, 3.8) is 0 Å². The maximum Gasteiger partial charge on any atom is 0.131 e. The van der Waals surface area contributed by atoms with Gasteiger partial charge in [0.05, 0.1) is 7.11 Å². The average Bonchev–Trinajstić information content (AvgIpc) is 2.50. The van der Waals surface area contributed by atoms with Gasteiger partial charge in [-0.1, -0.05) is 57.9 Å². The molecule has 0 spiro atoms. The van der Waals surface area contributed by atoms with E-state index < -0.39 is 0 Å². The van der Waals surface area contributed by atoms with Crippen molar-refractivity contribution in [2.75, 3.05) is 14.2 Å². The predicted molar refractivity (Wildman–Crippen MR) is 87.4 cm³/mol. The van der Waals surface area contributed by atoms with Gasteiger partial charge in [0.1, 0.15) is 11.6 Å². The first kappa shape index (κ1) is 18.0. The Morgan fingerprint density at radius 1 is 1.10 bits per heavy atom. The number of halogens is 1. The van der Waals surface area contributed by atoms with Crippen molar-refractivity contribution < 1.29 is 9.13 Å². The summed E-state index contributed by atoms with van der Waals surface area (Å²) < 4.78 is 19.4. The lowest BCUT2D eigenvalue weighted by Gasteiger charge is -2.20. The summed E-state index contributed by atoms with van der Waals surface area (Å²) in [5.41, 5.74) is 0.661. The number of rotatable bonds is 11. The maximum absolute atomic E-state index is 14.1. The SMILES string of the molecule is CCCCCCCCCC(NC)c1c(F)cccc1OC. The van der Waals surface area contributed by atoms with Crippen LogP contribution in [0.5, 0.6) is 5.75 Å². The number of nitrogens with one attached hydrogen (secondary N) is 1. The highest BCUT2D eigenvalue weighted by molar-refractivity contribution is 5.37.